The molecule has 8 heteroatoms. The molecule has 1 aromatic heterocycles. The van der Waals surface area contributed by atoms with Crippen molar-refractivity contribution in [2.75, 3.05) is 26.6 Å². The summed E-state index contributed by atoms with van der Waals surface area (Å²) >= 11 is 0. The number of nitrogens with one attached hydrogen (secondary N) is 2. The van der Waals surface area contributed by atoms with Crippen LogP contribution in [0, 0.1) is 11.3 Å². The summed E-state index contributed by atoms with van der Waals surface area (Å²) in [7, 11) is 4.48. The largest absolute Gasteiger partial charge is 0.493 e. The van der Waals surface area contributed by atoms with Crippen molar-refractivity contribution in [3.05, 3.63) is 63.9 Å². The number of aromatic nitrogens is 2. The molecule has 0 bridgehead atoms. The van der Waals surface area contributed by atoms with Crippen LogP contribution < -0.4 is 25.1 Å². The molecule has 0 fully saturated rings. The smallest absolute Gasteiger partial charge is 0.270 e. The Morgan fingerprint density at radius 2 is 1.72 bits per heavy atom. The fourth-order valence-corrected chi connectivity index (χ4v) is 2.87. The van der Waals surface area contributed by atoms with Crippen molar-refractivity contribution >= 4 is 5.95 Å². The van der Waals surface area contributed by atoms with E-state index in [0.717, 1.165) is 5.56 Å². The molecule has 0 aliphatic heterocycles. The Kier molecular flexibility index (Phi) is 6.00. The molecule has 3 aromatic rings. The predicted molar refractivity (Wildman–Crippen MR) is 108 cm³/mol. The molecular formula is C21H20N4O4. The molecule has 2 N–H and O–H groups in total. The van der Waals surface area contributed by atoms with Gasteiger partial charge in [-0.1, -0.05) is 30.3 Å². The van der Waals surface area contributed by atoms with Crippen molar-refractivity contribution in [1.29, 1.82) is 5.26 Å². The summed E-state index contributed by atoms with van der Waals surface area (Å²) in [5.74, 6) is 1.45. The minimum Gasteiger partial charge on any atom is -0.493 e. The van der Waals surface area contributed by atoms with Crippen LogP contribution in [0.25, 0.3) is 11.3 Å². The summed E-state index contributed by atoms with van der Waals surface area (Å²) in [4.78, 5) is 19.5. The van der Waals surface area contributed by atoms with Crippen LogP contribution in [0.4, 0.5) is 5.95 Å². The fourth-order valence-electron chi connectivity index (χ4n) is 2.87. The van der Waals surface area contributed by atoms with Gasteiger partial charge in [0.25, 0.3) is 5.56 Å². The second-order valence-electron chi connectivity index (χ2n) is 6.00. The molecule has 0 saturated heterocycles. The number of rotatable bonds is 7. The van der Waals surface area contributed by atoms with Crippen LogP contribution in [0.3, 0.4) is 0 Å². The molecular weight excluding hydrogens is 372 g/mol. The van der Waals surface area contributed by atoms with Gasteiger partial charge in [0.1, 0.15) is 11.6 Å². The monoisotopic (exact) mass is 392 g/mol. The van der Waals surface area contributed by atoms with Crippen molar-refractivity contribution in [3.63, 3.8) is 0 Å². The van der Waals surface area contributed by atoms with E-state index in [1.54, 1.807) is 12.1 Å². The number of ether oxygens (including phenoxy) is 3. The summed E-state index contributed by atoms with van der Waals surface area (Å²) in [5, 5.41) is 12.6. The molecule has 0 spiro atoms. The molecule has 1 heterocycles. The van der Waals surface area contributed by atoms with E-state index in [2.05, 4.69) is 15.3 Å². The lowest BCUT2D eigenvalue weighted by atomic mass is 10.1. The summed E-state index contributed by atoms with van der Waals surface area (Å²) in [6.45, 7) is 0.463. The molecule has 29 heavy (non-hydrogen) atoms. The quantitative estimate of drug-likeness (QED) is 0.636. The lowest BCUT2D eigenvalue weighted by molar-refractivity contribution is 0.324. The molecule has 0 unspecified atom stereocenters. The Labute approximate surface area is 167 Å². The maximum absolute atomic E-state index is 12.5. The topological polar surface area (TPSA) is 109 Å². The molecule has 8 nitrogen and oxygen atoms in total. The molecule has 0 amide bonds. The summed E-state index contributed by atoms with van der Waals surface area (Å²) in [6.07, 6.45) is 0. The predicted octanol–water partition coefficient (Wildman–Crippen LogP) is 2.95. The summed E-state index contributed by atoms with van der Waals surface area (Å²) in [6, 6.07) is 14.9. The second kappa shape index (κ2) is 8.80. The number of hydrogen-bond acceptors (Lipinski definition) is 7. The van der Waals surface area contributed by atoms with Crippen LogP contribution in [-0.4, -0.2) is 31.3 Å². The Morgan fingerprint density at radius 3 is 2.28 bits per heavy atom. The van der Waals surface area contributed by atoms with Gasteiger partial charge in [0.05, 0.1) is 27.0 Å². The van der Waals surface area contributed by atoms with Crippen LogP contribution >= 0.6 is 0 Å². The number of nitriles is 1. The third-order valence-corrected chi connectivity index (χ3v) is 4.27. The molecule has 3 rings (SSSR count). The van der Waals surface area contributed by atoms with Gasteiger partial charge in [-0.2, -0.15) is 5.26 Å². The lowest BCUT2D eigenvalue weighted by Crippen LogP contribution is -2.17. The first-order valence-electron chi connectivity index (χ1n) is 8.73. The first-order chi connectivity index (χ1) is 14.1. The maximum Gasteiger partial charge on any atom is 0.270 e. The van der Waals surface area contributed by atoms with Gasteiger partial charge in [0.15, 0.2) is 11.5 Å². The van der Waals surface area contributed by atoms with Crippen LogP contribution in [-0.2, 0) is 6.54 Å². The zero-order chi connectivity index (χ0) is 20.8. The summed E-state index contributed by atoms with van der Waals surface area (Å²) in [5.41, 5.74) is 1.08. The van der Waals surface area contributed by atoms with E-state index >= 15 is 0 Å². The van der Waals surface area contributed by atoms with Crippen LogP contribution in [0.2, 0.25) is 0 Å². The van der Waals surface area contributed by atoms with Gasteiger partial charge >= 0.3 is 0 Å². The number of methoxy groups -OCH3 is 3. The van der Waals surface area contributed by atoms with E-state index in [9.17, 15) is 10.1 Å². The van der Waals surface area contributed by atoms with Gasteiger partial charge in [-0.3, -0.25) is 9.78 Å². The van der Waals surface area contributed by atoms with Crippen LogP contribution in [0.1, 0.15) is 11.1 Å². The zero-order valence-corrected chi connectivity index (χ0v) is 16.3. The van der Waals surface area contributed by atoms with E-state index in [1.807, 2.05) is 36.4 Å². The zero-order valence-electron chi connectivity index (χ0n) is 16.3. The Morgan fingerprint density at radius 1 is 1.07 bits per heavy atom. The van der Waals surface area contributed by atoms with Crippen molar-refractivity contribution in [3.8, 4) is 34.6 Å². The van der Waals surface area contributed by atoms with Crippen molar-refractivity contribution < 1.29 is 14.2 Å². The van der Waals surface area contributed by atoms with E-state index in [1.165, 1.54) is 21.3 Å². The maximum atomic E-state index is 12.5. The van der Waals surface area contributed by atoms with Gasteiger partial charge in [0.2, 0.25) is 11.7 Å². The van der Waals surface area contributed by atoms with Gasteiger partial charge < -0.3 is 19.5 Å². The highest BCUT2D eigenvalue weighted by Crippen LogP contribution is 2.41. The SMILES string of the molecule is COc1cc(-c2nc(NCc3ccccc3)[nH]c(=O)c2C#N)cc(OC)c1OC. The van der Waals surface area contributed by atoms with Gasteiger partial charge in [-0.05, 0) is 17.7 Å². The van der Waals surface area contributed by atoms with Gasteiger partial charge in [-0.15, -0.1) is 0 Å². The van der Waals surface area contributed by atoms with E-state index in [-0.39, 0.29) is 17.2 Å². The molecule has 0 atom stereocenters. The van der Waals surface area contributed by atoms with Gasteiger partial charge in [0, 0.05) is 12.1 Å². The van der Waals surface area contributed by atoms with Crippen molar-refractivity contribution in [2.45, 2.75) is 6.54 Å². The number of H-pyrrole nitrogens is 1. The molecule has 0 radical (unpaired) electrons. The molecule has 0 aliphatic carbocycles. The lowest BCUT2D eigenvalue weighted by Gasteiger charge is -2.15. The van der Waals surface area contributed by atoms with Crippen LogP contribution in [0.15, 0.2) is 47.3 Å². The normalized spacial score (nSPS) is 10.1. The highest BCUT2D eigenvalue weighted by atomic mass is 16.5. The number of benzene rings is 2. The molecule has 0 aliphatic rings. The third kappa shape index (κ3) is 4.14. The highest BCUT2D eigenvalue weighted by Gasteiger charge is 2.19. The first-order valence-corrected chi connectivity index (χ1v) is 8.73. The average Bonchev–Trinajstić information content (AvgIpc) is 2.76. The van der Waals surface area contributed by atoms with Gasteiger partial charge in [-0.25, -0.2) is 4.98 Å². The summed E-state index contributed by atoms with van der Waals surface area (Å²) < 4.78 is 16.1. The first kappa shape index (κ1) is 19.8. The van der Waals surface area contributed by atoms with E-state index in [4.69, 9.17) is 14.2 Å². The van der Waals surface area contributed by atoms with Crippen LogP contribution in [0.5, 0.6) is 17.2 Å². The minimum absolute atomic E-state index is 0.107. The molecule has 148 valence electrons. The number of aromatic amines is 1. The highest BCUT2D eigenvalue weighted by molar-refractivity contribution is 5.73. The molecule has 2 aromatic carbocycles. The van der Waals surface area contributed by atoms with Crippen molar-refractivity contribution in [2.24, 2.45) is 0 Å². The second-order valence-corrected chi connectivity index (χ2v) is 6.00. The van der Waals surface area contributed by atoms with Crippen molar-refractivity contribution in [1.82, 2.24) is 9.97 Å². The van der Waals surface area contributed by atoms with E-state index < -0.39 is 5.56 Å². The average molecular weight is 392 g/mol. The Bertz CT molecular complexity index is 1080. The standard InChI is InChI=1S/C21H20N4O4/c1-27-16-9-14(10-17(28-2)19(16)29-3)18-15(11-22)20(26)25-21(24-18)23-12-13-7-5-4-6-8-13/h4-10H,12H2,1-3H3,(H2,23,24,25,26). The molecule has 0 saturated carbocycles. The minimum atomic E-state index is -0.540. The van der Waals surface area contributed by atoms with E-state index in [0.29, 0.717) is 29.4 Å². The fraction of sp³-hybridized carbons (Fsp3) is 0.190. The third-order valence-electron chi connectivity index (χ3n) is 4.27. The number of hydrogen-bond donors (Lipinski definition) is 2. The Hall–Kier alpha value is -3.99. The number of anilines is 1. The Balaban J connectivity index is 2.07. The number of nitrogens with zero attached hydrogens (tertiary/aromatic N) is 2.